The molecule has 1 heterocycles. The molecule has 92 valence electrons. The molecular formula is C14H19NO2. The molecule has 0 spiro atoms. The molecule has 1 aliphatic heterocycles. The maximum Gasteiger partial charge on any atom is 0.176 e. The Morgan fingerprint density at radius 2 is 2.24 bits per heavy atom. The van der Waals surface area contributed by atoms with Crippen molar-refractivity contribution in [1.29, 1.82) is 0 Å². The lowest BCUT2D eigenvalue weighted by Gasteiger charge is -2.17. The normalized spacial score (nSPS) is 17.7. The fourth-order valence-corrected chi connectivity index (χ4v) is 2.07. The Labute approximate surface area is 102 Å². The summed E-state index contributed by atoms with van der Waals surface area (Å²) in [5, 5.41) is 0. The zero-order chi connectivity index (χ0) is 12.1. The van der Waals surface area contributed by atoms with Gasteiger partial charge in [-0.05, 0) is 19.4 Å². The van der Waals surface area contributed by atoms with Crippen LogP contribution in [0.25, 0.3) is 0 Å². The first-order valence-corrected chi connectivity index (χ1v) is 6.16. The molecule has 1 saturated heterocycles. The van der Waals surface area contributed by atoms with Gasteiger partial charge in [-0.1, -0.05) is 23.8 Å². The number of ether oxygens (including phenoxy) is 1. The molecule has 0 amide bonds. The molecule has 1 aliphatic rings. The fraction of sp³-hybridized carbons (Fsp3) is 0.500. The summed E-state index contributed by atoms with van der Waals surface area (Å²) in [6.07, 6.45) is 1.01. The minimum atomic E-state index is 0.204. The second-order valence-corrected chi connectivity index (χ2v) is 4.53. The van der Waals surface area contributed by atoms with Crippen LogP contribution in [-0.2, 0) is 4.74 Å². The van der Waals surface area contributed by atoms with Crippen molar-refractivity contribution in [2.75, 3.05) is 32.8 Å². The molecule has 1 aromatic carbocycles. The molecule has 0 saturated carbocycles. The van der Waals surface area contributed by atoms with Crippen LogP contribution in [0, 0.1) is 6.92 Å². The van der Waals surface area contributed by atoms with Gasteiger partial charge in [0.25, 0.3) is 0 Å². The van der Waals surface area contributed by atoms with Crippen LogP contribution in [0.15, 0.2) is 24.3 Å². The highest BCUT2D eigenvalue weighted by Crippen LogP contribution is 2.07. The second kappa shape index (κ2) is 5.94. The van der Waals surface area contributed by atoms with E-state index in [9.17, 15) is 4.79 Å². The largest absolute Gasteiger partial charge is 0.380 e. The third kappa shape index (κ3) is 3.65. The van der Waals surface area contributed by atoms with Crippen molar-refractivity contribution in [3.8, 4) is 0 Å². The monoisotopic (exact) mass is 233 g/mol. The summed E-state index contributed by atoms with van der Waals surface area (Å²) in [7, 11) is 0. The van der Waals surface area contributed by atoms with Gasteiger partial charge in [-0.3, -0.25) is 9.69 Å². The molecule has 2 rings (SSSR count). The van der Waals surface area contributed by atoms with Crippen molar-refractivity contribution in [1.82, 2.24) is 4.90 Å². The lowest BCUT2D eigenvalue weighted by molar-refractivity contribution is 0.0922. The standard InChI is InChI=1S/C14H19NO2/c1-12-4-2-5-13(10-12)14(16)11-15-6-3-8-17-9-7-15/h2,4-5,10H,3,6-9,11H2,1H3. The van der Waals surface area contributed by atoms with Crippen LogP contribution >= 0.6 is 0 Å². The Balaban J connectivity index is 1.96. The van der Waals surface area contributed by atoms with Crippen LogP contribution in [0.4, 0.5) is 0 Å². The second-order valence-electron chi connectivity index (χ2n) is 4.53. The van der Waals surface area contributed by atoms with E-state index < -0.39 is 0 Å². The smallest absolute Gasteiger partial charge is 0.176 e. The SMILES string of the molecule is Cc1cccc(C(=O)CN2CCCOCC2)c1. The number of aryl methyl sites for hydroxylation is 1. The van der Waals surface area contributed by atoms with Gasteiger partial charge in [-0.15, -0.1) is 0 Å². The van der Waals surface area contributed by atoms with Crippen molar-refractivity contribution < 1.29 is 9.53 Å². The molecule has 17 heavy (non-hydrogen) atoms. The number of benzene rings is 1. The summed E-state index contributed by atoms with van der Waals surface area (Å²) < 4.78 is 5.38. The van der Waals surface area contributed by atoms with E-state index in [2.05, 4.69) is 4.90 Å². The van der Waals surface area contributed by atoms with Crippen LogP contribution in [0.1, 0.15) is 22.3 Å². The number of Topliss-reactive ketones (excluding diaryl/α,β-unsaturated/α-hetero) is 1. The molecule has 1 aromatic rings. The Morgan fingerprint density at radius 1 is 1.35 bits per heavy atom. The van der Waals surface area contributed by atoms with Gasteiger partial charge in [-0.2, -0.15) is 0 Å². The highest BCUT2D eigenvalue weighted by molar-refractivity contribution is 5.97. The van der Waals surface area contributed by atoms with Gasteiger partial charge in [0.05, 0.1) is 13.2 Å². The Kier molecular flexibility index (Phi) is 4.29. The number of hydrogen-bond donors (Lipinski definition) is 0. The van der Waals surface area contributed by atoms with Crippen LogP contribution in [-0.4, -0.2) is 43.5 Å². The number of carbonyl (C=O) groups excluding carboxylic acids is 1. The number of rotatable bonds is 3. The maximum absolute atomic E-state index is 12.1. The summed E-state index contributed by atoms with van der Waals surface area (Å²) in [6.45, 7) is 5.88. The average molecular weight is 233 g/mol. The summed E-state index contributed by atoms with van der Waals surface area (Å²) in [5.74, 6) is 0.204. The first kappa shape index (κ1) is 12.3. The highest BCUT2D eigenvalue weighted by Gasteiger charge is 2.14. The highest BCUT2D eigenvalue weighted by atomic mass is 16.5. The van der Waals surface area contributed by atoms with Gasteiger partial charge < -0.3 is 4.74 Å². The number of nitrogens with zero attached hydrogens (tertiary/aromatic N) is 1. The van der Waals surface area contributed by atoms with Crippen LogP contribution in [0.2, 0.25) is 0 Å². The van der Waals surface area contributed by atoms with Gasteiger partial charge in [0, 0.05) is 25.3 Å². The molecule has 3 heteroatoms. The van der Waals surface area contributed by atoms with Crippen molar-refractivity contribution in [2.45, 2.75) is 13.3 Å². The molecule has 3 nitrogen and oxygen atoms in total. The Hall–Kier alpha value is -1.19. The number of ketones is 1. The van der Waals surface area contributed by atoms with Gasteiger partial charge >= 0.3 is 0 Å². The van der Waals surface area contributed by atoms with E-state index in [0.29, 0.717) is 6.54 Å². The molecule has 0 bridgehead atoms. The van der Waals surface area contributed by atoms with Gasteiger partial charge in [0.15, 0.2) is 5.78 Å². The molecule has 0 radical (unpaired) electrons. The molecule has 0 aliphatic carbocycles. The summed E-state index contributed by atoms with van der Waals surface area (Å²) in [4.78, 5) is 14.3. The van der Waals surface area contributed by atoms with Crippen LogP contribution in [0.5, 0.6) is 0 Å². The van der Waals surface area contributed by atoms with Gasteiger partial charge in [-0.25, -0.2) is 0 Å². The van der Waals surface area contributed by atoms with Crippen LogP contribution in [0.3, 0.4) is 0 Å². The quantitative estimate of drug-likeness (QED) is 0.747. The minimum absolute atomic E-state index is 0.204. The van der Waals surface area contributed by atoms with E-state index in [0.717, 1.165) is 43.9 Å². The molecular weight excluding hydrogens is 214 g/mol. The molecule has 1 fully saturated rings. The molecule has 0 unspecified atom stereocenters. The van der Waals surface area contributed by atoms with E-state index >= 15 is 0 Å². The average Bonchev–Trinajstić information content (AvgIpc) is 2.57. The van der Waals surface area contributed by atoms with Crippen molar-refractivity contribution in [3.05, 3.63) is 35.4 Å². The van der Waals surface area contributed by atoms with Gasteiger partial charge in [0.2, 0.25) is 0 Å². The van der Waals surface area contributed by atoms with Gasteiger partial charge in [0.1, 0.15) is 0 Å². The van der Waals surface area contributed by atoms with Crippen molar-refractivity contribution in [2.24, 2.45) is 0 Å². The predicted molar refractivity (Wildman–Crippen MR) is 67.4 cm³/mol. The third-order valence-electron chi connectivity index (χ3n) is 3.02. The van der Waals surface area contributed by atoms with E-state index in [1.165, 1.54) is 0 Å². The van der Waals surface area contributed by atoms with Crippen molar-refractivity contribution in [3.63, 3.8) is 0 Å². The topological polar surface area (TPSA) is 29.5 Å². The minimum Gasteiger partial charge on any atom is -0.380 e. The predicted octanol–water partition coefficient (Wildman–Crippen LogP) is 1.90. The number of hydrogen-bond acceptors (Lipinski definition) is 3. The fourth-order valence-electron chi connectivity index (χ4n) is 2.07. The van der Waals surface area contributed by atoms with E-state index in [-0.39, 0.29) is 5.78 Å². The lowest BCUT2D eigenvalue weighted by Crippen LogP contribution is -2.32. The first-order chi connectivity index (χ1) is 8.25. The van der Waals surface area contributed by atoms with E-state index in [1.54, 1.807) is 0 Å². The van der Waals surface area contributed by atoms with Crippen molar-refractivity contribution >= 4 is 5.78 Å². The summed E-state index contributed by atoms with van der Waals surface area (Å²) >= 11 is 0. The van der Waals surface area contributed by atoms with Crippen LogP contribution < -0.4 is 0 Å². The van der Waals surface area contributed by atoms with E-state index in [4.69, 9.17) is 4.74 Å². The first-order valence-electron chi connectivity index (χ1n) is 6.16. The zero-order valence-corrected chi connectivity index (χ0v) is 10.3. The molecule has 0 aromatic heterocycles. The molecule has 0 atom stereocenters. The Morgan fingerprint density at radius 3 is 3.06 bits per heavy atom. The third-order valence-corrected chi connectivity index (χ3v) is 3.02. The number of carbonyl (C=O) groups is 1. The maximum atomic E-state index is 12.1. The molecule has 0 N–H and O–H groups in total. The lowest BCUT2D eigenvalue weighted by atomic mass is 10.1. The zero-order valence-electron chi connectivity index (χ0n) is 10.3. The summed E-state index contributed by atoms with van der Waals surface area (Å²) in [5.41, 5.74) is 1.95. The summed E-state index contributed by atoms with van der Waals surface area (Å²) in [6, 6.07) is 7.80. The Bertz CT molecular complexity index is 382. The van der Waals surface area contributed by atoms with E-state index in [1.807, 2.05) is 31.2 Å².